The van der Waals surface area contributed by atoms with Gasteiger partial charge in [-0.05, 0) is 127 Å². The van der Waals surface area contributed by atoms with Crippen LogP contribution in [0.25, 0.3) is 0 Å². The van der Waals surface area contributed by atoms with Crippen molar-refractivity contribution >= 4 is 67.5 Å². The summed E-state index contributed by atoms with van der Waals surface area (Å²) in [5.41, 5.74) is 6.28. The van der Waals surface area contributed by atoms with Crippen LogP contribution in [-0.4, -0.2) is 91.9 Å². The van der Waals surface area contributed by atoms with Crippen molar-refractivity contribution in [1.29, 1.82) is 0 Å². The molecule has 0 aromatic heterocycles. The molecule has 6 unspecified atom stereocenters. The summed E-state index contributed by atoms with van der Waals surface area (Å²) in [4.78, 5) is 10.1. The van der Waals surface area contributed by atoms with Gasteiger partial charge in [0.1, 0.15) is 0 Å². The average molecular weight is 790 g/mol. The minimum Gasteiger partial charge on any atom is -0.483 e. The number of halogens is 3. The molecule has 0 spiro atoms. The Bertz CT molecular complexity index is 1520. The largest absolute Gasteiger partial charge is 0.483 e. The highest BCUT2D eigenvalue weighted by atomic mass is 32.1. The van der Waals surface area contributed by atoms with Crippen molar-refractivity contribution in [2.24, 2.45) is 22.7 Å². The van der Waals surface area contributed by atoms with Crippen LogP contribution >= 0.6 is 12.6 Å². The van der Waals surface area contributed by atoms with Gasteiger partial charge in [0.25, 0.3) is 6.47 Å². The molecule has 1 aliphatic heterocycles. The van der Waals surface area contributed by atoms with Gasteiger partial charge in [0.2, 0.25) is 0 Å². The Morgan fingerprint density at radius 3 is 2.16 bits per heavy atom. The minimum absolute atomic E-state index is 0.0712. The quantitative estimate of drug-likeness (QED) is 0.127. The number of alkyl halides is 3. The molecule has 14 heteroatoms. The smallest absolute Gasteiger partial charge is 0.416 e. The van der Waals surface area contributed by atoms with E-state index >= 15 is 0 Å². The van der Waals surface area contributed by atoms with Gasteiger partial charge in [-0.15, -0.1) is 10.4 Å². The Kier molecular flexibility index (Phi) is 17.4. The van der Waals surface area contributed by atoms with Crippen LogP contribution in [0.1, 0.15) is 110 Å². The molecule has 2 aromatic carbocycles. The number of thiol groups is 1. The first-order chi connectivity index (χ1) is 26.0. The molecule has 0 amide bonds. The Morgan fingerprint density at radius 2 is 1.61 bits per heavy atom. The van der Waals surface area contributed by atoms with E-state index in [4.69, 9.17) is 46.0 Å². The molecule has 8 radical (unpaired) electrons. The Balaban J connectivity index is 0.000000349. The van der Waals surface area contributed by atoms with Crippen LogP contribution in [0.15, 0.2) is 42.5 Å². The number of hydrogen-bond acceptors (Lipinski definition) is 6. The van der Waals surface area contributed by atoms with E-state index in [1.807, 2.05) is 24.3 Å². The zero-order chi connectivity index (χ0) is 42.1. The molecule has 2 saturated carbocycles. The first-order valence-electron chi connectivity index (χ1n) is 20.0. The lowest BCUT2D eigenvalue weighted by Gasteiger charge is -2.50. The number of rotatable bonds is 7. The van der Waals surface area contributed by atoms with E-state index in [2.05, 4.69) is 70.8 Å². The lowest BCUT2D eigenvalue weighted by molar-refractivity contribution is -0.221. The van der Waals surface area contributed by atoms with Crippen molar-refractivity contribution in [2.45, 2.75) is 134 Å². The number of carbonyl (C=O) groups is 1. The highest BCUT2D eigenvalue weighted by Crippen LogP contribution is 2.61. The number of hydrogen-bond donors (Lipinski definition) is 4. The summed E-state index contributed by atoms with van der Waals surface area (Å²) >= 11 is 4.04. The molecule has 2 aromatic rings. The second-order valence-corrected chi connectivity index (χ2v) is 18.1. The number of morpholine rings is 1. The summed E-state index contributed by atoms with van der Waals surface area (Å²) in [6.07, 6.45) is 3.10. The molecule has 6 rings (SSSR count). The van der Waals surface area contributed by atoms with Gasteiger partial charge >= 0.3 is 6.18 Å². The maximum atomic E-state index is 13.1. The number of fused-ring (bicyclic) bond motifs is 5. The third-order valence-corrected chi connectivity index (χ3v) is 12.8. The van der Waals surface area contributed by atoms with Crippen LogP contribution in [0, 0.1) is 22.7 Å². The molecule has 4 aliphatic rings. The number of nitrogens with one attached hydrogen (secondary N) is 1. The van der Waals surface area contributed by atoms with Crippen molar-refractivity contribution in [2.75, 3.05) is 35.7 Å². The lowest BCUT2D eigenvalue weighted by atomic mass is 9.29. The van der Waals surface area contributed by atoms with E-state index in [0.29, 0.717) is 36.1 Å². The normalized spacial score (nSPS) is 26.0. The first-order valence-corrected chi connectivity index (χ1v) is 20.6. The monoisotopic (exact) mass is 790 g/mol. The Hall–Kier alpha value is -2.17. The van der Waals surface area contributed by atoms with Gasteiger partial charge in [-0.1, -0.05) is 60.5 Å². The second kappa shape index (κ2) is 20.2. The molecule has 3 N–H and O–H groups in total. The average Bonchev–Trinajstić information content (AvgIpc) is 3.44. The molecule has 1 heterocycles. The van der Waals surface area contributed by atoms with Crippen molar-refractivity contribution < 1.29 is 32.9 Å². The topological polar surface area (TPSA) is 82.0 Å². The lowest BCUT2D eigenvalue weighted by Crippen LogP contribution is -2.49. The number of aryl methyl sites for hydroxylation is 1. The predicted molar refractivity (Wildman–Crippen MR) is 230 cm³/mol. The van der Waals surface area contributed by atoms with Crippen molar-refractivity contribution in [1.82, 2.24) is 0 Å². The highest BCUT2D eigenvalue weighted by Gasteiger charge is 2.54. The summed E-state index contributed by atoms with van der Waals surface area (Å²) in [7, 11) is 22.5. The third-order valence-electron chi connectivity index (χ3n) is 12.4. The van der Waals surface area contributed by atoms with E-state index in [9.17, 15) is 18.3 Å². The molecule has 6 atom stereocenters. The van der Waals surface area contributed by atoms with Crippen LogP contribution in [0.4, 0.5) is 30.2 Å². The fourth-order valence-electron chi connectivity index (χ4n) is 8.28. The standard InChI is InChI=1S/C29H35F3N2O2.C6H10B4S.C6H14.CH2O2/c1-28-13-12-23-22-9-5-20(16-18(22)2-8-24(23)25(28)10-11-26(28)35)33-19-3-6-21(7-4-19)34-14-15-36-27(17-34)29(30,31)32;1-5(7,8)6(9,10)3-2-4-11;1-5-6(2,3)4;2-1-3/h3-7,9,16,23-27,33,35H,2,8,10-15,17H2,1H3;11H,2-4H2,1H3;5H2,1-4H3;1H,(H,2,3). The molecular formula is C42H61B4F3N2O4S. The minimum atomic E-state index is -4.34. The van der Waals surface area contributed by atoms with Crippen LogP contribution in [-0.2, 0) is 16.0 Å². The van der Waals surface area contributed by atoms with Gasteiger partial charge in [0.05, 0.1) is 50.6 Å². The van der Waals surface area contributed by atoms with Crippen LogP contribution in [0.5, 0.6) is 0 Å². The maximum Gasteiger partial charge on any atom is 0.416 e. The molecule has 6 nitrogen and oxygen atoms in total. The highest BCUT2D eigenvalue weighted by molar-refractivity contribution is 7.80. The summed E-state index contributed by atoms with van der Waals surface area (Å²) in [5.74, 6) is 2.65. The number of nitrogens with zero attached hydrogens (tertiary/aromatic N) is 1. The SMILES string of the molecule is CC12CCC3c4ccc(Nc5ccc(N6CCOC(C(F)(F)F)C6)cc5)cc4CCC3C1CCC2O.CCC(C)(C)C.O=CO.[B]C([B])(C)C([B])([B])CCCS. The van der Waals surface area contributed by atoms with Crippen molar-refractivity contribution in [3.63, 3.8) is 0 Å². The Labute approximate surface area is 345 Å². The fourth-order valence-corrected chi connectivity index (χ4v) is 8.44. The number of aliphatic hydroxyl groups is 1. The zero-order valence-electron chi connectivity index (χ0n) is 34.2. The third kappa shape index (κ3) is 12.9. The predicted octanol–water partition coefficient (Wildman–Crippen LogP) is 9.18. The van der Waals surface area contributed by atoms with Crippen molar-refractivity contribution in [3.8, 4) is 0 Å². The summed E-state index contributed by atoms with van der Waals surface area (Å²) in [6, 6.07) is 14.3. The van der Waals surface area contributed by atoms with Gasteiger partial charge in [0.15, 0.2) is 6.10 Å². The number of aliphatic hydroxyl groups excluding tert-OH is 1. The van der Waals surface area contributed by atoms with Gasteiger partial charge in [-0.3, -0.25) is 4.79 Å². The molecule has 3 aliphatic carbocycles. The fraction of sp³-hybridized carbons (Fsp3) is 0.690. The molecule has 1 saturated heterocycles. The van der Waals surface area contributed by atoms with Gasteiger partial charge in [-0.2, -0.15) is 25.8 Å². The van der Waals surface area contributed by atoms with E-state index in [-0.39, 0.29) is 31.1 Å². The number of benzene rings is 2. The zero-order valence-corrected chi connectivity index (χ0v) is 35.1. The summed E-state index contributed by atoms with van der Waals surface area (Å²) in [6.45, 7) is 13.0. The summed E-state index contributed by atoms with van der Waals surface area (Å²) < 4.78 is 44.1. The van der Waals surface area contributed by atoms with Gasteiger partial charge in [-0.25, -0.2) is 0 Å². The van der Waals surface area contributed by atoms with Crippen molar-refractivity contribution in [3.05, 3.63) is 53.6 Å². The van der Waals surface area contributed by atoms with E-state index < -0.39 is 22.7 Å². The maximum absolute atomic E-state index is 13.1. The number of ether oxygens (including phenoxy) is 1. The number of anilines is 3. The van der Waals surface area contributed by atoms with Gasteiger partial charge in [0, 0.05) is 23.6 Å². The van der Waals surface area contributed by atoms with E-state index in [1.54, 1.807) is 11.8 Å². The molecule has 0 bridgehead atoms. The van der Waals surface area contributed by atoms with Crippen LogP contribution in [0.3, 0.4) is 0 Å². The molecular weight excluding hydrogens is 729 g/mol. The Morgan fingerprint density at radius 1 is 1.00 bits per heavy atom. The number of carboxylic acid groups (broad SMARTS) is 1. The van der Waals surface area contributed by atoms with Gasteiger partial charge < -0.3 is 25.2 Å². The second-order valence-electron chi connectivity index (χ2n) is 17.7. The molecule has 302 valence electrons. The van der Waals surface area contributed by atoms with E-state index in [1.165, 1.54) is 24.0 Å². The molecule has 56 heavy (non-hydrogen) atoms. The summed E-state index contributed by atoms with van der Waals surface area (Å²) in [5, 5.41) is 19.0. The molecule has 3 fully saturated rings. The van der Waals surface area contributed by atoms with Crippen LogP contribution < -0.4 is 10.2 Å². The first kappa shape index (κ1) is 48.2. The van der Waals surface area contributed by atoms with E-state index in [0.717, 1.165) is 61.3 Å². The van der Waals surface area contributed by atoms with Crippen LogP contribution in [0.2, 0.25) is 10.4 Å².